The lowest BCUT2D eigenvalue weighted by Crippen LogP contribution is -2.17. The summed E-state index contributed by atoms with van der Waals surface area (Å²) in [6.45, 7) is 0. The van der Waals surface area contributed by atoms with Crippen molar-refractivity contribution >= 4 is 56.9 Å². The third-order valence-corrected chi connectivity index (χ3v) is 5.19. The van der Waals surface area contributed by atoms with E-state index < -0.39 is 11.7 Å². The molecule has 0 spiro atoms. The molecular formula is C18H10F3N3O2S2. The van der Waals surface area contributed by atoms with Gasteiger partial charge in [-0.2, -0.15) is 13.2 Å². The van der Waals surface area contributed by atoms with Crippen LogP contribution in [0.5, 0.6) is 0 Å². The Morgan fingerprint density at radius 3 is 2.71 bits per heavy atom. The molecule has 1 aromatic carbocycles. The number of hydrogen-bond acceptors (Lipinski definition) is 6. The first-order valence-electron chi connectivity index (χ1n) is 7.82. The number of alkyl halides is 3. The van der Waals surface area contributed by atoms with E-state index in [9.17, 15) is 18.0 Å². The van der Waals surface area contributed by atoms with Gasteiger partial charge in [-0.25, -0.2) is 0 Å². The summed E-state index contributed by atoms with van der Waals surface area (Å²) >= 11 is 6.04. The van der Waals surface area contributed by atoms with E-state index in [1.807, 2.05) is 0 Å². The lowest BCUT2D eigenvalue weighted by Gasteiger charge is -2.12. The minimum absolute atomic E-state index is 0.266. The van der Waals surface area contributed by atoms with Gasteiger partial charge in [-0.05, 0) is 23.8 Å². The number of thiocarbonyl (C=S) groups is 1. The van der Waals surface area contributed by atoms with Crippen molar-refractivity contribution in [2.45, 2.75) is 6.18 Å². The van der Waals surface area contributed by atoms with Crippen molar-refractivity contribution in [1.29, 1.82) is 0 Å². The van der Waals surface area contributed by atoms with Crippen molar-refractivity contribution in [3.05, 3.63) is 52.9 Å². The van der Waals surface area contributed by atoms with E-state index in [0.29, 0.717) is 31.5 Å². The lowest BCUT2D eigenvalue weighted by molar-refractivity contribution is -0.136. The highest BCUT2D eigenvalue weighted by atomic mass is 32.2. The highest BCUT2D eigenvalue weighted by molar-refractivity contribution is 8.26. The molecule has 2 aromatic heterocycles. The standard InChI is InChI=1S/C18H10F3N3O2S2/c19-18(20,21)12-4-8(1-2-13(12)22)11-7-23-6-9-3-10(26-15(9)11)5-14-16(25)24-17(27)28-14/h1-7H,22H2,(H,24,25,27). The third kappa shape index (κ3) is 3.36. The summed E-state index contributed by atoms with van der Waals surface area (Å²) in [5.74, 6) is 0.0280. The summed E-state index contributed by atoms with van der Waals surface area (Å²) in [4.78, 5) is 16.2. The van der Waals surface area contributed by atoms with Crippen LogP contribution < -0.4 is 11.1 Å². The number of pyridine rings is 1. The van der Waals surface area contributed by atoms with Crippen molar-refractivity contribution in [3.63, 3.8) is 0 Å². The van der Waals surface area contributed by atoms with Crippen LogP contribution in [0.25, 0.3) is 28.2 Å². The second-order valence-corrected chi connectivity index (χ2v) is 7.63. The molecule has 0 saturated carbocycles. The number of thioether (sulfide) groups is 1. The molecule has 28 heavy (non-hydrogen) atoms. The van der Waals surface area contributed by atoms with E-state index in [2.05, 4.69) is 10.3 Å². The molecule has 4 rings (SSSR count). The predicted octanol–water partition coefficient (Wildman–Crippen LogP) is 4.58. The van der Waals surface area contributed by atoms with E-state index in [1.54, 1.807) is 6.07 Å². The highest BCUT2D eigenvalue weighted by Crippen LogP contribution is 2.38. The molecule has 1 saturated heterocycles. The molecule has 0 bridgehead atoms. The molecule has 1 fully saturated rings. The number of carbonyl (C=O) groups excluding carboxylic acids is 1. The number of aromatic nitrogens is 1. The summed E-state index contributed by atoms with van der Waals surface area (Å²) < 4.78 is 45.7. The number of fused-ring (bicyclic) bond motifs is 1. The molecule has 3 aromatic rings. The number of nitrogens with zero attached hydrogens (tertiary/aromatic N) is 1. The molecule has 0 atom stereocenters. The molecule has 1 amide bonds. The maximum absolute atomic E-state index is 13.2. The topological polar surface area (TPSA) is 81.1 Å². The van der Waals surface area contributed by atoms with E-state index >= 15 is 0 Å². The second kappa shape index (κ2) is 6.64. The van der Waals surface area contributed by atoms with E-state index in [-0.39, 0.29) is 17.2 Å². The first-order chi connectivity index (χ1) is 13.2. The molecular weight excluding hydrogens is 411 g/mol. The van der Waals surface area contributed by atoms with Crippen molar-refractivity contribution in [1.82, 2.24) is 10.3 Å². The van der Waals surface area contributed by atoms with Crippen LogP contribution in [0.1, 0.15) is 11.3 Å². The number of nitrogens with two attached hydrogens (primary N) is 1. The number of halogens is 3. The van der Waals surface area contributed by atoms with Gasteiger partial charge in [0, 0.05) is 35.1 Å². The van der Waals surface area contributed by atoms with Crippen LogP contribution in [0, 0.1) is 0 Å². The van der Waals surface area contributed by atoms with E-state index in [1.165, 1.54) is 30.6 Å². The summed E-state index contributed by atoms with van der Waals surface area (Å²) in [5, 5.41) is 3.08. The number of furan rings is 1. The van der Waals surface area contributed by atoms with Crippen LogP contribution >= 0.6 is 24.0 Å². The van der Waals surface area contributed by atoms with Crippen LogP contribution in [-0.2, 0) is 11.0 Å². The number of anilines is 1. The van der Waals surface area contributed by atoms with Gasteiger partial charge < -0.3 is 15.5 Å². The fourth-order valence-electron chi connectivity index (χ4n) is 2.78. The van der Waals surface area contributed by atoms with Crippen LogP contribution in [0.3, 0.4) is 0 Å². The van der Waals surface area contributed by atoms with Gasteiger partial charge in [0.1, 0.15) is 15.7 Å². The molecule has 3 heterocycles. The minimum Gasteiger partial charge on any atom is -0.456 e. The minimum atomic E-state index is -4.58. The highest BCUT2D eigenvalue weighted by Gasteiger charge is 2.33. The summed E-state index contributed by atoms with van der Waals surface area (Å²) in [7, 11) is 0. The van der Waals surface area contributed by atoms with Crippen molar-refractivity contribution in [3.8, 4) is 11.1 Å². The largest absolute Gasteiger partial charge is 0.456 e. The van der Waals surface area contributed by atoms with Gasteiger partial charge in [0.25, 0.3) is 5.91 Å². The number of nitrogens with one attached hydrogen (secondary N) is 1. The molecule has 3 N–H and O–H groups in total. The number of benzene rings is 1. The molecule has 0 unspecified atom stereocenters. The maximum Gasteiger partial charge on any atom is 0.418 e. The Balaban J connectivity index is 1.82. The number of nitrogen functional groups attached to an aromatic ring is 1. The third-order valence-electron chi connectivity index (χ3n) is 4.03. The van der Waals surface area contributed by atoms with Crippen LogP contribution in [0.2, 0.25) is 0 Å². The van der Waals surface area contributed by atoms with Crippen molar-refractivity contribution in [2.75, 3.05) is 5.73 Å². The average molecular weight is 421 g/mol. The summed E-state index contributed by atoms with van der Waals surface area (Å²) in [5.41, 5.74) is 5.18. The predicted molar refractivity (Wildman–Crippen MR) is 105 cm³/mol. The van der Waals surface area contributed by atoms with Gasteiger partial charge in [-0.15, -0.1) is 0 Å². The zero-order valence-corrected chi connectivity index (χ0v) is 15.5. The molecule has 10 heteroatoms. The fraction of sp³-hybridized carbons (Fsp3) is 0.0556. The number of amides is 1. The average Bonchev–Trinajstić information content (AvgIpc) is 3.16. The Hall–Kier alpha value is -2.85. The molecule has 0 aliphatic carbocycles. The SMILES string of the molecule is Nc1ccc(-c2cncc3cc(C=C4SC(=S)NC4=O)oc23)cc1C(F)(F)F. The zero-order valence-electron chi connectivity index (χ0n) is 13.8. The first kappa shape index (κ1) is 18.5. The smallest absolute Gasteiger partial charge is 0.418 e. The number of hydrogen-bond donors (Lipinski definition) is 2. The van der Waals surface area contributed by atoms with Crippen LogP contribution in [0.4, 0.5) is 18.9 Å². The monoisotopic (exact) mass is 421 g/mol. The normalized spacial score (nSPS) is 16.2. The molecule has 0 radical (unpaired) electrons. The van der Waals surface area contributed by atoms with Gasteiger partial charge in [0.05, 0.1) is 10.5 Å². The Morgan fingerprint density at radius 2 is 2.04 bits per heavy atom. The van der Waals surface area contributed by atoms with Gasteiger partial charge in [0.15, 0.2) is 0 Å². The first-order valence-corrected chi connectivity index (χ1v) is 9.04. The van der Waals surface area contributed by atoms with Crippen molar-refractivity contribution < 1.29 is 22.4 Å². The molecule has 1 aliphatic rings. The van der Waals surface area contributed by atoms with E-state index in [0.717, 1.165) is 17.8 Å². The zero-order chi connectivity index (χ0) is 20.1. The Bertz CT molecular complexity index is 1170. The number of carbonyl (C=O) groups is 1. The fourth-order valence-corrected chi connectivity index (χ4v) is 3.80. The van der Waals surface area contributed by atoms with Crippen molar-refractivity contribution in [2.24, 2.45) is 0 Å². The summed E-state index contributed by atoms with van der Waals surface area (Å²) in [6.07, 6.45) is -0.113. The lowest BCUT2D eigenvalue weighted by atomic mass is 10.0. The molecule has 5 nitrogen and oxygen atoms in total. The maximum atomic E-state index is 13.2. The summed E-state index contributed by atoms with van der Waals surface area (Å²) in [6, 6.07) is 5.28. The second-order valence-electron chi connectivity index (χ2n) is 5.91. The van der Waals surface area contributed by atoms with Gasteiger partial charge in [-0.3, -0.25) is 9.78 Å². The number of rotatable bonds is 2. The van der Waals surface area contributed by atoms with Gasteiger partial charge in [0.2, 0.25) is 0 Å². The van der Waals surface area contributed by atoms with Crippen LogP contribution in [0.15, 0.2) is 46.0 Å². The van der Waals surface area contributed by atoms with E-state index in [4.69, 9.17) is 22.4 Å². The quantitative estimate of drug-likeness (QED) is 0.358. The Kier molecular flexibility index (Phi) is 4.39. The van der Waals surface area contributed by atoms with Gasteiger partial charge in [-0.1, -0.05) is 30.0 Å². The Labute approximate surface area is 165 Å². The molecule has 142 valence electrons. The van der Waals surface area contributed by atoms with Crippen LogP contribution in [-0.4, -0.2) is 15.2 Å². The Morgan fingerprint density at radius 1 is 1.25 bits per heavy atom. The van der Waals surface area contributed by atoms with Gasteiger partial charge >= 0.3 is 6.18 Å². The molecule has 1 aliphatic heterocycles.